The quantitative estimate of drug-likeness (QED) is 0.0603. The molecule has 0 bridgehead atoms. The van der Waals surface area contributed by atoms with E-state index in [4.69, 9.17) is 15.2 Å². The molecule has 1 saturated heterocycles. The van der Waals surface area contributed by atoms with Crippen LogP contribution in [0.5, 0.6) is 0 Å². The summed E-state index contributed by atoms with van der Waals surface area (Å²) in [7, 11) is 1.60. The number of unbranched alkanes of at least 4 members (excludes halogenated alkanes) is 1. The average Bonchev–Trinajstić information content (AvgIpc) is 3.63. The van der Waals surface area contributed by atoms with Crippen LogP contribution in [-0.4, -0.2) is 113 Å². The highest BCUT2D eigenvalue weighted by Crippen LogP contribution is 2.30. The molecule has 4 rings (SSSR count). The molecule has 1 aromatic carbocycles. The van der Waals surface area contributed by atoms with Crippen molar-refractivity contribution in [3.63, 3.8) is 0 Å². The third-order valence-electron chi connectivity index (χ3n) is 11.3. The number of nitrogens with zero attached hydrogens (tertiary/aromatic N) is 3. The number of carbonyl (C=O) groups excluding carboxylic acids is 3. The Hall–Kier alpha value is -3.79. The number of nitrogens with two attached hydrogens (primary N) is 1. The Labute approximate surface area is 333 Å². The number of nitrogen functional groups attached to an aromatic ring is 1. The number of piperidine rings is 1. The van der Waals surface area contributed by atoms with Gasteiger partial charge in [0.2, 0.25) is 29.6 Å². The molecule has 1 aromatic heterocycles. The van der Waals surface area contributed by atoms with Crippen molar-refractivity contribution in [2.45, 2.75) is 135 Å². The van der Waals surface area contributed by atoms with Gasteiger partial charge in [-0.05, 0) is 55.9 Å². The van der Waals surface area contributed by atoms with E-state index in [0.29, 0.717) is 57.3 Å². The predicted octanol–water partition coefficient (Wildman–Crippen LogP) is 3.76. The summed E-state index contributed by atoms with van der Waals surface area (Å²) in [6.45, 7) is 8.14. The van der Waals surface area contributed by atoms with Gasteiger partial charge in [-0.25, -0.2) is 5.10 Å². The zero-order chi connectivity index (χ0) is 40.3. The first-order valence-corrected chi connectivity index (χ1v) is 20.9. The Morgan fingerprint density at radius 3 is 2.39 bits per heavy atom. The van der Waals surface area contributed by atoms with E-state index in [9.17, 15) is 19.5 Å². The van der Waals surface area contributed by atoms with Gasteiger partial charge in [-0.15, -0.1) is 5.10 Å². The number of nitrogens with one attached hydrogen (secondary N) is 5. The topological polar surface area (TPSA) is 209 Å². The second kappa shape index (κ2) is 24.1. The Kier molecular flexibility index (Phi) is 19.3. The van der Waals surface area contributed by atoms with Crippen molar-refractivity contribution < 1.29 is 29.0 Å². The summed E-state index contributed by atoms with van der Waals surface area (Å²) in [6.07, 6.45) is 9.61. The van der Waals surface area contributed by atoms with Gasteiger partial charge >= 0.3 is 0 Å². The minimum absolute atomic E-state index is 0.0297. The van der Waals surface area contributed by atoms with Crippen LogP contribution in [0.4, 0.5) is 11.9 Å². The lowest BCUT2D eigenvalue weighted by Crippen LogP contribution is -2.58. The summed E-state index contributed by atoms with van der Waals surface area (Å²) >= 11 is 0. The van der Waals surface area contributed by atoms with Crippen LogP contribution in [0.1, 0.15) is 103 Å². The number of rotatable bonds is 24. The summed E-state index contributed by atoms with van der Waals surface area (Å²) in [5.41, 5.74) is 6.60. The number of amides is 3. The Bertz CT molecular complexity index is 1430. The predicted molar refractivity (Wildman–Crippen MR) is 217 cm³/mol. The Balaban J connectivity index is 1.47. The fraction of sp³-hybridized carbons (Fsp3) is 0.732. The van der Waals surface area contributed by atoms with Crippen LogP contribution in [0.25, 0.3) is 0 Å². The van der Waals surface area contributed by atoms with Crippen LogP contribution >= 0.6 is 0 Å². The lowest BCUT2D eigenvalue weighted by Gasteiger charge is -2.36. The number of likely N-dealkylation sites (tertiary alicyclic amines) is 1. The number of hydrogen-bond donors (Lipinski definition) is 7. The minimum atomic E-state index is -0.941. The first-order chi connectivity index (χ1) is 27.1. The first kappa shape index (κ1) is 44.9. The van der Waals surface area contributed by atoms with E-state index in [1.54, 1.807) is 7.11 Å². The Morgan fingerprint density at radius 2 is 1.75 bits per heavy atom. The molecule has 2 heterocycles. The van der Waals surface area contributed by atoms with Gasteiger partial charge in [0, 0.05) is 39.2 Å². The number of aliphatic hydroxyl groups is 1. The zero-order valence-electron chi connectivity index (χ0n) is 34.1. The average molecular weight is 784 g/mol. The van der Waals surface area contributed by atoms with Crippen molar-refractivity contribution in [3.05, 3.63) is 35.9 Å². The molecule has 1 saturated carbocycles. The maximum atomic E-state index is 14.4. The van der Waals surface area contributed by atoms with Crippen LogP contribution in [0.15, 0.2) is 30.3 Å². The van der Waals surface area contributed by atoms with Crippen LogP contribution in [0.3, 0.4) is 0 Å². The summed E-state index contributed by atoms with van der Waals surface area (Å²) in [5.74, 6) is 0.00231. The number of H-pyrrole nitrogens is 1. The summed E-state index contributed by atoms with van der Waals surface area (Å²) in [6, 6.07) is 8.09. The lowest BCUT2D eigenvalue weighted by molar-refractivity contribution is -0.139. The van der Waals surface area contributed by atoms with E-state index in [1.165, 1.54) is 6.42 Å². The highest BCUT2D eigenvalue weighted by Gasteiger charge is 2.35. The van der Waals surface area contributed by atoms with Crippen LogP contribution in [-0.2, 0) is 30.3 Å². The van der Waals surface area contributed by atoms with Crippen molar-refractivity contribution in [1.82, 2.24) is 36.0 Å². The van der Waals surface area contributed by atoms with Gasteiger partial charge in [-0.3, -0.25) is 19.7 Å². The SMILES string of the molecule is CCCCC(NC(Cc1ccccc1)C(=O)N1CCC(OCOC)CC1)C(=O)NC(CC1CCCCC1)[C@@H](O)CC(C(=O)NCCNc1n[nH]c(N)n1)C(C)C. The first-order valence-electron chi connectivity index (χ1n) is 20.9. The molecule has 2 fully saturated rings. The van der Waals surface area contributed by atoms with E-state index < -0.39 is 30.1 Å². The standard InChI is InChI=1S/C41H69N9O6/c1-5-6-17-33(45-35(25-30-15-11-8-12-16-30)39(54)50-22-18-31(19-23-50)56-27-55-4)38(53)46-34(24-29-13-9-7-10-14-29)36(51)26-32(28(2)3)37(52)43-20-21-44-41-47-40(42)48-49-41/h8,11-12,15-16,28-29,31-36,45,51H,5-7,9-10,13-14,17-27H2,1-4H3,(H,43,52)(H,46,53)(H4,42,44,47,48,49)/t32?,33?,34?,35?,36-/m0/s1. The third kappa shape index (κ3) is 14.9. The summed E-state index contributed by atoms with van der Waals surface area (Å²) in [4.78, 5) is 48.0. The van der Waals surface area contributed by atoms with Gasteiger partial charge in [-0.2, -0.15) is 4.98 Å². The number of anilines is 2. The number of aromatic nitrogens is 3. The molecule has 56 heavy (non-hydrogen) atoms. The van der Waals surface area contributed by atoms with Crippen molar-refractivity contribution >= 4 is 29.6 Å². The molecular formula is C41H69N9O6. The number of aromatic amines is 1. The second-order valence-corrected chi connectivity index (χ2v) is 16.0. The smallest absolute Gasteiger partial charge is 0.243 e. The molecule has 0 spiro atoms. The van der Waals surface area contributed by atoms with Crippen molar-refractivity contribution in [3.8, 4) is 0 Å². The molecule has 2 aliphatic rings. The van der Waals surface area contributed by atoms with E-state index >= 15 is 0 Å². The van der Waals surface area contributed by atoms with Gasteiger partial charge in [0.05, 0.1) is 30.3 Å². The molecule has 15 heteroatoms. The molecule has 8 N–H and O–H groups in total. The maximum absolute atomic E-state index is 14.4. The van der Waals surface area contributed by atoms with Crippen molar-refractivity contribution in [2.75, 3.05) is 51.1 Å². The van der Waals surface area contributed by atoms with E-state index in [0.717, 1.165) is 56.9 Å². The van der Waals surface area contributed by atoms with Crippen LogP contribution < -0.4 is 27.0 Å². The van der Waals surface area contributed by atoms with Crippen LogP contribution in [0, 0.1) is 17.8 Å². The number of aliphatic hydroxyl groups excluding tert-OH is 1. The molecule has 15 nitrogen and oxygen atoms in total. The minimum Gasteiger partial charge on any atom is -0.391 e. The normalized spacial score (nSPS) is 18.2. The Morgan fingerprint density at radius 1 is 1.02 bits per heavy atom. The van der Waals surface area contributed by atoms with Gasteiger partial charge < -0.3 is 41.2 Å². The second-order valence-electron chi connectivity index (χ2n) is 16.0. The van der Waals surface area contributed by atoms with Gasteiger partial charge in [0.1, 0.15) is 6.79 Å². The maximum Gasteiger partial charge on any atom is 0.243 e. The molecule has 4 unspecified atom stereocenters. The number of hydrogen-bond acceptors (Lipinski definition) is 11. The highest BCUT2D eigenvalue weighted by atomic mass is 16.7. The summed E-state index contributed by atoms with van der Waals surface area (Å²) < 4.78 is 10.9. The fourth-order valence-corrected chi connectivity index (χ4v) is 7.96. The monoisotopic (exact) mass is 784 g/mol. The number of carbonyl (C=O) groups is 3. The lowest BCUT2D eigenvalue weighted by atomic mass is 9.81. The van der Waals surface area contributed by atoms with Gasteiger partial charge in [0.25, 0.3) is 0 Å². The van der Waals surface area contributed by atoms with E-state index in [-0.39, 0.29) is 48.9 Å². The van der Waals surface area contributed by atoms with Crippen molar-refractivity contribution in [1.29, 1.82) is 0 Å². The zero-order valence-corrected chi connectivity index (χ0v) is 34.1. The van der Waals surface area contributed by atoms with Crippen molar-refractivity contribution in [2.24, 2.45) is 17.8 Å². The van der Waals surface area contributed by atoms with Gasteiger partial charge in [0.15, 0.2) is 0 Å². The van der Waals surface area contributed by atoms with E-state index in [2.05, 4.69) is 43.4 Å². The third-order valence-corrected chi connectivity index (χ3v) is 11.3. The molecule has 2 aromatic rings. The fourth-order valence-electron chi connectivity index (χ4n) is 7.96. The molecule has 1 aliphatic carbocycles. The molecular weight excluding hydrogens is 715 g/mol. The van der Waals surface area contributed by atoms with E-state index in [1.807, 2.05) is 49.1 Å². The molecule has 0 radical (unpaired) electrons. The molecule has 1 aliphatic heterocycles. The molecule has 314 valence electrons. The number of benzene rings is 1. The van der Waals surface area contributed by atoms with Gasteiger partial charge in [-0.1, -0.05) is 96.0 Å². The number of ether oxygens (including phenoxy) is 2. The van der Waals surface area contributed by atoms with Crippen LogP contribution in [0.2, 0.25) is 0 Å². The summed E-state index contributed by atoms with van der Waals surface area (Å²) in [5, 5.41) is 31.2. The highest BCUT2D eigenvalue weighted by molar-refractivity contribution is 5.86. The largest absolute Gasteiger partial charge is 0.391 e. The molecule has 3 amide bonds. The molecule has 5 atom stereocenters. The number of methoxy groups -OCH3 is 1.